The van der Waals surface area contributed by atoms with Gasteiger partial charge in [-0.15, -0.1) is 0 Å². The van der Waals surface area contributed by atoms with E-state index in [0.29, 0.717) is 13.0 Å². The Balaban J connectivity index is 1.88. The number of carbonyl (C=O) groups is 1. The molecular formula is C20H30O3. The highest BCUT2D eigenvalue weighted by molar-refractivity contribution is 5.85. The molecule has 1 heterocycles. The second-order valence-electron chi connectivity index (χ2n) is 8.66. The first-order valence-corrected chi connectivity index (χ1v) is 8.99. The molecule has 0 spiro atoms. The number of fused-ring (bicyclic) bond motifs is 1. The lowest BCUT2D eigenvalue weighted by Crippen LogP contribution is -2.57. The van der Waals surface area contributed by atoms with E-state index in [-0.39, 0.29) is 22.7 Å². The lowest BCUT2D eigenvalue weighted by molar-refractivity contribution is -0.135. The van der Waals surface area contributed by atoms with Crippen LogP contribution in [0.2, 0.25) is 0 Å². The van der Waals surface area contributed by atoms with Gasteiger partial charge in [-0.1, -0.05) is 45.8 Å². The van der Waals surface area contributed by atoms with E-state index in [0.717, 1.165) is 24.8 Å². The highest BCUT2D eigenvalue weighted by Crippen LogP contribution is 2.61. The Bertz CT molecular complexity index is 571. The molecule has 0 aromatic rings. The van der Waals surface area contributed by atoms with Crippen LogP contribution < -0.4 is 0 Å². The van der Waals surface area contributed by atoms with Gasteiger partial charge in [0.1, 0.15) is 6.61 Å². The van der Waals surface area contributed by atoms with Gasteiger partial charge in [0.25, 0.3) is 0 Å². The SMILES string of the molecule is C[C@H]1CC=C2C(C)(C)CCC[C@@]2(C)[C@]1(O)CCC1=CC(=O)OC1. The van der Waals surface area contributed by atoms with Crippen LogP contribution in [0.1, 0.15) is 66.2 Å². The predicted octanol–water partition coefficient (Wildman–Crippen LogP) is 4.16. The Kier molecular flexibility index (Phi) is 3.99. The molecule has 3 heteroatoms. The molecule has 1 saturated carbocycles. The van der Waals surface area contributed by atoms with Gasteiger partial charge in [0.05, 0.1) is 5.60 Å². The van der Waals surface area contributed by atoms with Gasteiger partial charge >= 0.3 is 5.97 Å². The number of rotatable bonds is 3. The standard InChI is InChI=1S/C20H30O3/c1-14-6-7-16-18(2,3)9-5-10-19(16,4)20(14,22)11-8-15-12-17(21)23-13-15/h7,12,14,22H,5-6,8-11,13H2,1-4H3/t14-,19+,20-/m0/s1. The zero-order valence-electron chi connectivity index (χ0n) is 14.9. The van der Waals surface area contributed by atoms with Gasteiger partial charge < -0.3 is 9.84 Å². The molecule has 0 aromatic heterocycles. The number of esters is 1. The molecule has 0 unspecified atom stereocenters. The van der Waals surface area contributed by atoms with E-state index < -0.39 is 5.60 Å². The second kappa shape index (κ2) is 5.47. The van der Waals surface area contributed by atoms with E-state index >= 15 is 0 Å². The van der Waals surface area contributed by atoms with Crippen molar-refractivity contribution in [1.82, 2.24) is 0 Å². The molecule has 3 rings (SSSR count). The fourth-order valence-electron chi connectivity index (χ4n) is 5.32. The predicted molar refractivity (Wildman–Crippen MR) is 90.8 cm³/mol. The summed E-state index contributed by atoms with van der Waals surface area (Å²) in [7, 11) is 0. The van der Waals surface area contributed by atoms with Gasteiger partial charge in [-0.3, -0.25) is 0 Å². The monoisotopic (exact) mass is 318 g/mol. The van der Waals surface area contributed by atoms with Gasteiger partial charge in [0.15, 0.2) is 0 Å². The summed E-state index contributed by atoms with van der Waals surface area (Å²) in [5.41, 5.74) is 1.78. The second-order valence-corrected chi connectivity index (χ2v) is 8.66. The number of ether oxygens (including phenoxy) is 1. The van der Waals surface area contributed by atoms with Crippen LogP contribution in [-0.2, 0) is 9.53 Å². The van der Waals surface area contributed by atoms with Crippen molar-refractivity contribution in [2.75, 3.05) is 6.61 Å². The minimum Gasteiger partial charge on any atom is -0.458 e. The van der Waals surface area contributed by atoms with Crippen LogP contribution in [0.5, 0.6) is 0 Å². The van der Waals surface area contributed by atoms with Crippen molar-refractivity contribution < 1.29 is 14.6 Å². The average Bonchev–Trinajstić information content (AvgIpc) is 2.87. The van der Waals surface area contributed by atoms with E-state index in [1.807, 2.05) is 0 Å². The third kappa shape index (κ3) is 2.57. The number of hydrogen-bond donors (Lipinski definition) is 1. The largest absolute Gasteiger partial charge is 0.458 e. The maximum absolute atomic E-state index is 11.8. The van der Waals surface area contributed by atoms with Gasteiger partial charge in [-0.25, -0.2) is 4.79 Å². The minimum absolute atomic E-state index is 0.156. The molecule has 0 saturated heterocycles. The van der Waals surface area contributed by atoms with Crippen molar-refractivity contribution in [3.63, 3.8) is 0 Å². The summed E-state index contributed by atoms with van der Waals surface area (Å²) in [6.45, 7) is 9.47. The molecular weight excluding hydrogens is 288 g/mol. The molecule has 1 N–H and O–H groups in total. The molecule has 23 heavy (non-hydrogen) atoms. The van der Waals surface area contributed by atoms with Crippen molar-refractivity contribution in [2.24, 2.45) is 16.7 Å². The van der Waals surface area contributed by atoms with E-state index in [1.54, 1.807) is 6.08 Å². The first kappa shape index (κ1) is 16.8. The summed E-state index contributed by atoms with van der Waals surface area (Å²) >= 11 is 0. The quantitative estimate of drug-likeness (QED) is 0.628. The fraction of sp³-hybridized carbons (Fsp3) is 0.750. The van der Waals surface area contributed by atoms with Gasteiger partial charge in [-0.2, -0.15) is 0 Å². The van der Waals surface area contributed by atoms with E-state index in [9.17, 15) is 9.90 Å². The highest BCUT2D eigenvalue weighted by Gasteiger charge is 2.57. The van der Waals surface area contributed by atoms with Crippen LogP contribution in [0.25, 0.3) is 0 Å². The summed E-state index contributed by atoms with van der Waals surface area (Å²) in [6.07, 6.45) is 9.82. The summed E-state index contributed by atoms with van der Waals surface area (Å²) in [5.74, 6) is -0.00180. The number of carbonyl (C=O) groups excluding carboxylic acids is 1. The average molecular weight is 318 g/mol. The van der Waals surface area contributed by atoms with Crippen molar-refractivity contribution in [1.29, 1.82) is 0 Å². The third-order valence-electron chi connectivity index (χ3n) is 6.80. The zero-order chi connectivity index (χ0) is 16.9. The molecule has 1 fully saturated rings. The van der Waals surface area contributed by atoms with Gasteiger partial charge in [0.2, 0.25) is 0 Å². The van der Waals surface area contributed by atoms with Gasteiger partial charge in [-0.05, 0) is 49.0 Å². The summed E-state index contributed by atoms with van der Waals surface area (Å²) < 4.78 is 5.01. The van der Waals surface area contributed by atoms with Crippen LogP contribution in [0.15, 0.2) is 23.3 Å². The molecule has 0 bridgehead atoms. The summed E-state index contributed by atoms with van der Waals surface area (Å²) in [6, 6.07) is 0. The molecule has 0 radical (unpaired) electrons. The molecule has 0 amide bonds. The van der Waals surface area contributed by atoms with E-state index in [2.05, 4.69) is 33.8 Å². The first-order chi connectivity index (χ1) is 10.7. The maximum Gasteiger partial charge on any atom is 0.331 e. The van der Waals surface area contributed by atoms with Gasteiger partial charge in [0, 0.05) is 11.5 Å². The molecule has 0 aromatic carbocycles. The molecule has 3 atom stereocenters. The number of aliphatic hydroxyl groups is 1. The van der Waals surface area contributed by atoms with E-state index in [4.69, 9.17) is 4.74 Å². The Morgan fingerprint density at radius 2 is 2.04 bits per heavy atom. The van der Waals surface area contributed by atoms with Crippen LogP contribution in [0.4, 0.5) is 0 Å². The molecule has 3 aliphatic rings. The van der Waals surface area contributed by atoms with Crippen LogP contribution >= 0.6 is 0 Å². The molecule has 1 aliphatic heterocycles. The Morgan fingerprint density at radius 3 is 2.70 bits per heavy atom. The van der Waals surface area contributed by atoms with Crippen LogP contribution in [0.3, 0.4) is 0 Å². The number of hydrogen-bond acceptors (Lipinski definition) is 3. The molecule has 2 aliphatic carbocycles. The highest BCUT2D eigenvalue weighted by atomic mass is 16.5. The summed E-state index contributed by atoms with van der Waals surface area (Å²) in [4.78, 5) is 11.3. The minimum atomic E-state index is -0.707. The Hall–Kier alpha value is -1.09. The zero-order valence-corrected chi connectivity index (χ0v) is 14.9. The Labute approximate surface area is 139 Å². The lowest BCUT2D eigenvalue weighted by Gasteiger charge is -2.59. The normalized spacial score (nSPS) is 39.3. The third-order valence-corrected chi connectivity index (χ3v) is 6.80. The maximum atomic E-state index is 11.8. The van der Waals surface area contributed by atoms with Crippen molar-refractivity contribution >= 4 is 5.97 Å². The lowest BCUT2D eigenvalue weighted by atomic mass is 9.48. The van der Waals surface area contributed by atoms with Crippen molar-refractivity contribution in [2.45, 2.75) is 71.8 Å². The topological polar surface area (TPSA) is 46.5 Å². The Morgan fingerprint density at radius 1 is 1.30 bits per heavy atom. The van der Waals surface area contributed by atoms with Crippen LogP contribution in [0, 0.1) is 16.7 Å². The molecule has 128 valence electrons. The van der Waals surface area contributed by atoms with E-state index in [1.165, 1.54) is 18.4 Å². The summed E-state index contributed by atoms with van der Waals surface area (Å²) in [5, 5.41) is 11.8. The van der Waals surface area contributed by atoms with Crippen molar-refractivity contribution in [3.05, 3.63) is 23.3 Å². The molecule has 3 nitrogen and oxygen atoms in total. The van der Waals surface area contributed by atoms with Crippen LogP contribution in [-0.4, -0.2) is 23.3 Å². The number of cyclic esters (lactones) is 1. The smallest absolute Gasteiger partial charge is 0.331 e. The fourth-order valence-corrected chi connectivity index (χ4v) is 5.32. The first-order valence-electron chi connectivity index (χ1n) is 8.99. The number of allylic oxidation sites excluding steroid dienone is 1. The van der Waals surface area contributed by atoms with Crippen molar-refractivity contribution in [3.8, 4) is 0 Å².